The predicted octanol–water partition coefficient (Wildman–Crippen LogP) is 4.99. The van der Waals surface area contributed by atoms with E-state index >= 15 is 0 Å². The van der Waals surface area contributed by atoms with Crippen molar-refractivity contribution in [3.05, 3.63) is 60.2 Å². The SMILES string of the molecule is COc1ccc(Oc2c(CN(C[C@H]3CCCO3)C(=O)NC(C)C)c(-c3ccccc3)nn2C)cc1. The molecule has 0 aliphatic carbocycles. The van der Waals surface area contributed by atoms with E-state index in [1.807, 2.05) is 75.5 Å². The van der Waals surface area contributed by atoms with Gasteiger partial charge in [0.05, 0.1) is 25.3 Å². The largest absolute Gasteiger partial charge is 0.497 e. The van der Waals surface area contributed by atoms with Crippen molar-refractivity contribution in [2.24, 2.45) is 7.05 Å². The average Bonchev–Trinajstić information content (AvgIpc) is 3.48. The zero-order valence-electron chi connectivity index (χ0n) is 20.9. The van der Waals surface area contributed by atoms with Gasteiger partial charge in [0, 0.05) is 31.8 Å². The Hall–Kier alpha value is -3.52. The standard InChI is InChI=1S/C27H34N4O4/c1-19(2)28-27(32)31(17-23-11-8-16-34-23)18-24-25(20-9-6-5-7-10-20)29-30(3)26(24)35-22-14-12-21(33-4)13-15-22/h5-7,9-10,12-15,19,23H,8,11,16-18H2,1-4H3,(H,28,32)/t23-/m1/s1. The number of carbonyl (C=O) groups excluding carboxylic acids is 1. The number of ether oxygens (including phenoxy) is 3. The third kappa shape index (κ3) is 6.14. The van der Waals surface area contributed by atoms with Crippen LogP contribution in [0.15, 0.2) is 54.6 Å². The van der Waals surface area contributed by atoms with Crippen molar-refractivity contribution >= 4 is 6.03 Å². The Morgan fingerprint density at radius 1 is 1.17 bits per heavy atom. The van der Waals surface area contributed by atoms with Gasteiger partial charge in [0.2, 0.25) is 5.88 Å². The lowest BCUT2D eigenvalue weighted by molar-refractivity contribution is 0.0789. The van der Waals surface area contributed by atoms with Gasteiger partial charge in [-0.25, -0.2) is 9.48 Å². The van der Waals surface area contributed by atoms with Crippen LogP contribution >= 0.6 is 0 Å². The summed E-state index contributed by atoms with van der Waals surface area (Å²) in [7, 11) is 3.49. The summed E-state index contributed by atoms with van der Waals surface area (Å²) >= 11 is 0. The normalized spacial score (nSPS) is 15.3. The van der Waals surface area contributed by atoms with Crippen molar-refractivity contribution in [3.8, 4) is 28.6 Å². The molecule has 1 N–H and O–H groups in total. The molecule has 0 radical (unpaired) electrons. The van der Waals surface area contributed by atoms with Gasteiger partial charge in [0.1, 0.15) is 17.2 Å². The molecule has 2 heterocycles. The summed E-state index contributed by atoms with van der Waals surface area (Å²) in [6, 6.07) is 17.3. The molecule has 0 bridgehead atoms. The number of benzene rings is 2. The van der Waals surface area contributed by atoms with Crippen LogP contribution in [-0.2, 0) is 18.3 Å². The van der Waals surface area contributed by atoms with Crippen LogP contribution in [0.25, 0.3) is 11.3 Å². The minimum absolute atomic E-state index is 0.0204. The molecule has 1 fully saturated rings. The third-order valence-electron chi connectivity index (χ3n) is 5.91. The molecule has 1 saturated heterocycles. The van der Waals surface area contributed by atoms with Gasteiger partial charge in [-0.15, -0.1) is 0 Å². The van der Waals surface area contributed by atoms with E-state index in [2.05, 4.69) is 5.32 Å². The summed E-state index contributed by atoms with van der Waals surface area (Å²) < 4.78 is 19.2. The first-order chi connectivity index (χ1) is 16.9. The van der Waals surface area contributed by atoms with Gasteiger partial charge < -0.3 is 24.4 Å². The maximum Gasteiger partial charge on any atom is 0.317 e. The number of methoxy groups -OCH3 is 1. The maximum atomic E-state index is 13.2. The molecule has 0 saturated carbocycles. The number of nitrogens with one attached hydrogen (secondary N) is 1. The Morgan fingerprint density at radius 3 is 2.51 bits per heavy atom. The minimum Gasteiger partial charge on any atom is -0.497 e. The number of rotatable bonds is 9. The number of aryl methyl sites for hydroxylation is 1. The van der Waals surface area contributed by atoms with Crippen molar-refractivity contribution in [2.75, 3.05) is 20.3 Å². The number of hydrogen-bond donors (Lipinski definition) is 1. The smallest absolute Gasteiger partial charge is 0.317 e. The highest BCUT2D eigenvalue weighted by Gasteiger charge is 2.28. The summed E-state index contributed by atoms with van der Waals surface area (Å²) in [6.45, 7) is 5.49. The first kappa shape index (κ1) is 24.6. The molecular weight excluding hydrogens is 444 g/mol. The monoisotopic (exact) mass is 478 g/mol. The third-order valence-corrected chi connectivity index (χ3v) is 5.91. The fraction of sp³-hybridized carbons (Fsp3) is 0.407. The van der Waals surface area contributed by atoms with Crippen molar-refractivity contribution in [1.29, 1.82) is 0 Å². The Balaban J connectivity index is 1.71. The van der Waals surface area contributed by atoms with Gasteiger partial charge in [-0.05, 0) is 51.0 Å². The minimum atomic E-state index is -0.131. The van der Waals surface area contributed by atoms with Gasteiger partial charge in [-0.2, -0.15) is 5.10 Å². The molecule has 2 aromatic carbocycles. The van der Waals surface area contributed by atoms with E-state index in [1.165, 1.54) is 0 Å². The Bertz CT molecular complexity index is 1110. The first-order valence-electron chi connectivity index (χ1n) is 12.0. The molecule has 1 aromatic heterocycles. The highest BCUT2D eigenvalue weighted by Crippen LogP contribution is 2.35. The summed E-state index contributed by atoms with van der Waals surface area (Å²) in [5.74, 6) is 2.00. The lowest BCUT2D eigenvalue weighted by Gasteiger charge is -2.27. The number of nitrogens with zero attached hydrogens (tertiary/aromatic N) is 3. The molecule has 3 aromatic rings. The highest BCUT2D eigenvalue weighted by atomic mass is 16.5. The van der Waals surface area contributed by atoms with Gasteiger partial charge in [-0.3, -0.25) is 0 Å². The van der Waals surface area contributed by atoms with Crippen molar-refractivity contribution in [3.63, 3.8) is 0 Å². The van der Waals surface area contributed by atoms with E-state index < -0.39 is 0 Å². The molecule has 1 aliphatic rings. The van der Waals surface area contributed by atoms with Crippen LogP contribution in [0, 0.1) is 0 Å². The topological polar surface area (TPSA) is 77.8 Å². The molecule has 35 heavy (non-hydrogen) atoms. The van der Waals surface area contributed by atoms with Gasteiger partial charge in [0.15, 0.2) is 0 Å². The summed E-state index contributed by atoms with van der Waals surface area (Å²) in [5.41, 5.74) is 2.58. The molecule has 8 heteroatoms. The van der Waals surface area contributed by atoms with E-state index in [0.717, 1.165) is 42.0 Å². The van der Waals surface area contributed by atoms with Crippen LogP contribution < -0.4 is 14.8 Å². The van der Waals surface area contributed by atoms with Gasteiger partial charge >= 0.3 is 6.03 Å². The van der Waals surface area contributed by atoms with E-state index in [-0.39, 0.29) is 18.2 Å². The second-order valence-corrected chi connectivity index (χ2v) is 9.02. The summed E-state index contributed by atoms with van der Waals surface area (Å²) in [5, 5.41) is 7.83. The van der Waals surface area contributed by atoms with E-state index in [0.29, 0.717) is 24.7 Å². The lowest BCUT2D eigenvalue weighted by atomic mass is 10.1. The molecule has 8 nitrogen and oxygen atoms in total. The second kappa shape index (κ2) is 11.3. The molecular formula is C27H34N4O4. The summed E-state index contributed by atoms with van der Waals surface area (Å²) in [6.07, 6.45) is 1.98. The van der Waals surface area contributed by atoms with Crippen molar-refractivity contribution in [1.82, 2.24) is 20.0 Å². The van der Waals surface area contributed by atoms with Crippen LogP contribution in [-0.4, -0.2) is 53.1 Å². The molecule has 0 spiro atoms. The molecule has 1 atom stereocenters. The van der Waals surface area contributed by atoms with E-state index in [1.54, 1.807) is 16.7 Å². The fourth-order valence-corrected chi connectivity index (χ4v) is 4.19. The van der Waals surface area contributed by atoms with E-state index in [4.69, 9.17) is 19.3 Å². The number of amides is 2. The maximum absolute atomic E-state index is 13.2. The number of carbonyl (C=O) groups is 1. The van der Waals surface area contributed by atoms with Gasteiger partial charge in [0.25, 0.3) is 0 Å². The van der Waals surface area contributed by atoms with Crippen LogP contribution in [0.5, 0.6) is 17.4 Å². The van der Waals surface area contributed by atoms with Crippen LogP contribution in [0.2, 0.25) is 0 Å². The average molecular weight is 479 g/mol. The van der Waals surface area contributed by atoms with Crippen LogP contribution in [0.4, 0.5) is 4.79 Å². The second-order valence-electron chi connectivity index (χ2n) is 9.02. The Morgan fingerprint density at radius 2 is 1.89 bits per heavy atom. The molecule has 4 rings (SSSR count). The quantitative estimate of drug-likeness (QED) is 0.469. The first-order valence-corrected chi connectivity index (χ1v) is 12.0. The van der Waals surface area contributed by atoms with E-state index in [9.17, 15) is 4.79 Å². The number of hydrogen-bond acceptors (Lipinski definition) is 5. The number of urea groups is 1. The highest BCUT2D eigenvalue weighted by molar-refractivity contribution is 5.75. The predicted molar refractivity (Wildman–Crippen MR) is 135 cm³/mol. The zero-order chi connectivity index (χ0) is 24.8. The molecule has 0 unspecified atom stereocenters. The molecule has 1 aliphatic heterocycles. The van der Waals surface area contributed by atoms with Crippen molar-refractivity contribution < 1.29 is 19.0 Å². The van der Waals surface area contributed by atoms with Crippen LogP contribution in [0.3, 0.4) is 0 Å². The zero-order valence-corrected chi connectivity index (χ0v) is 20.9. The fourth-order valence-electron chi connectivity index (χ4n) is 4.19. The Kier molecular flexibility index (Phi) is 7.92. The lowest BCUT2D eigenvalue weighted by Crippen LogP contribution is -2.45. The van der Waals surface area contributed by atoms with Crippen LogP contribution in [0.1, 0.15) is 32.3 Å². The van der Waals surface area contributed by atoms with Gasteiger partial charge in [-0.1, -0.05) is 30.3 Å². The Labute approximate surface area is 206 Å². The summed E-state index contributed by atoms with van der Waals surface area (Å²) in [4.78, 5) is 15.0. The molecule has 2 amide bonds. The van der Waals surface area contributed by atoms with Crippen molar-refractivity contribution in [2.45, 2.75) is 45.4 Å². The number of aromatic nitrogens is 2. The molecule has 186 valence electrons.